The van der Waals surface area contributed by atoms with Crippen LogP contribution in [0.1, 0.15) is 44.6 Å². The van der Waals surface area contributed by atoms with E-state index in [1.54, 1.807) is 6.20 Å². The van der Waals surface area contributed by atoms with Gasteiger partial charge in [0.1, 0.15) is 11.6 Å². The number of nitrogens with one attached hydrogen (secondary N) is 1. The molecule has 0 aromatic carbocycles. The summed E-state index contributed by atoms with van der Waals surface area (Å²) in [6.07, 6.45) is 9.81. The van der Waals surface area contributed by atoms with Gasteiger partial charge in [-0.3, -0.25) is 9.98 Å². The van der Waals surface area contributed by atoms with Crippen LogP contribution in [0.2, 0.25) is 0 Å². The molecule has 0 fully saturated rings. The van der Waals surface area contributed by atoms with E-state index in [0.717, 1.165) is 42.8 Å². The number of fused-ring (bicyclic) bond motifs is 1. The van der Waals surface area contributed by atoms with Crippen molar-refractivity contribution in [2.75, 3.05) is 11.9 Å². The predicted octanol–water partition coefficient (Wildman–Crippen LogP) is 4.40. The lowest BCUT2D eigenvalue weighted by Gasteiger charge is -2.25. The van der Waals surface area contributed by atoms with Crippen molar-refractivity contribution in [3.8, 4) is 11.3 Å². The topological polar surface area (TPSA) is 67.5 Å². The zero-order chi connectivity index (χ0) is 20.0. The summed E-state index contributed by atoms with van der Waals surface area (Å²) >= 11 is 0. The van der Waals surface area contributed by atoms with Gasteiger partial charge < -0.3 is 5.32 Å². The summed E-state index contributed by atoms with van der Waals surface area (Å²) in [5.74, 6) is 0.777. The maximum absolute atomic E-state index is 13.8. The van der Waals surface area contributed by atoms with Crippen LogP contribution in [0.3, 0.4) is 0 Å². The average molecular weight is 390 g/mol. The Kier molecular flexibility index (Phi) is 4.38. The third kappa shape index (κ3) is 3.30. The third-order valence-corrected chi connectivity index (χ3v) is 5.72. The largest absolute Gasteiger partial charge is 0.367 e. The molecule has 1 aliphatic heterocycles. The van der Waals surface area contributed by atoms with E-state index < -0.39 is 0 Å². The fourth-order valence-electron chi connectivity index (χ4n) is 4.13. The van der Waals surface area contributed by atoms with Crippen molar-refractivity contribution in [2.45, 2.75) is 45.1 Å². The molecule has 5 rings (SSSR count). The monoisotopic (exact) mass is 390 g/mol. The molecule has 0 spiro atoms. The molecule has 0 radical (unpaired) electrons. The second kappa shape index (κ2) is 7.06. The molecule has 1 N–H and O–H groups in total. The number of halogens is 1. The van der Waals surface area contributed by atoms with Gasteiger partial charge >= 0.3 is 0 Å². The minimum atomic E-state index is -0.372. The van der Waals surface area contributed by atoms with Crippen molar-refractivity contribution in [3.63, 3.8) is 0 Å². The number of aromatic nitrogens is 4. The summed E-state index contributed by atoms with van der Waals surface area (Å²) in [4.78, 5) is 13.2. The smallest absolute Gasteiger partial charge is 0.161 e. The summed E-state index contributed by atoms with van der Waals surface area (Å²) in [6.45, 7) is 5.10. The van der Waals surface area contributed by atoms with Gasteiger partial charge in [0.2, 0.25) is 0 Å². The zero-order valence-corrected chi connectivity index (χ0v) is 16.6. The Labute approximate surface area is 168 Å². The maximum Gasteiger partial charge on any atom is 0.161 e. The molecule has 2 aliphatic rings. The molecule has 3 aromatic heterocycles. The van der Waals surface area contributed by atoms with Crippen molar-refractivity contribution in [1.29, 1.82) is 0 Å². The summed E-state index contributed by atoms with van der Waals surface area (Å²) in [7, 11) is 0. The first-order valence-electron chi connectivity index (χ1n) is 10.1. The molecule has 148 valence electrons. The van der Waals surface area contributed by atoms with Gasteiger partial charge in [-0.2, -0.15) is 9.61 Å². The van der Waals surface area contributed by atoms with E-state index in [4.69, 9.17) is 4.98 Å². The van der Waals surface area contributed by atoms with Gasteiger partial charge in [-0.15, -0.1) is 0 Å². The highest BCUT2D eigenvalue weighted by atomic mass is 19.1. The Morgan fingerprint density at radius 1 is 1.21 bits per heavy atom. The van der Waals surface area contributed by atoms with Crippen molar-refractivity contribution in [2.24, 2.45) is 4.99 Å². The van der Waals surface area contributed by atoms with Crippen LogP contribution in [0, 0.1) is 5.82 Å². The standard InChI is InChI=1S/C22H23FN6/c1-13(2)19-12-26-29-21(27-18-4-3-14-8-24-9-15(14)6-18)7-20(28-22(19)29)16-5-17(23)11-25-10-16/h5,7,9-13,18,27H,3-4,6,8H2,1-2H3/t18-/m0/s1. The van der Waals surface area contributed by atoms with Crippen LogP contribution >= 0.6 is 0 Å². The third-order valence-electron chi connectivity index (χ3n) is 5.72. The van der Waals surface area contributed by atoms with Crippen LogP contribution in [0.25, 0.3) is 16.9 Å². The quantitative estimate of drug-likeness (QED) is 0.717. The van der Waals surface area contributed by atoms with E-state index >= 15 is 0 Å². The average Bonchev–Trinajstić information content (AvgIpc) is 3.34. The highest BCUT2D eigenvalue weighted by Crippen LogP contribution is 2.31. The van der Waals surface area contributed by atoms with E-state index in [2.05, 4.69) is 34.2 Å². The zero-order valence-electron chi connectivity index (χ0n) is 16.6. The number of rotatable bonds is 4. The van der Waals surface area contributed by atoms with Crippen LogP contribution in [-0.4, -0.2) is 38.4 Å². The first kappa shape index (κ1) is 18.0. The molecule has 0 amide bonds. The van der Waals surface area contributed by atoms with Gasteiger partial charge in [-0.05, 0) is 42.4 Å². The van der Waals surface area contributed by atoms with Crippen LogP contribution in [-0.2, 0) is 0 Å². The van der Waals surface area contributed by atoms with E-state index in [-0.39, 0.29) is 11.7 Å². The minimum Gasteiger partial charge on any atom is -0.367 e. The molecule has 0 saturated heterocycles. The fourth-order valence-corrected chi connectivity index (χ4v) is 4.13. The first-order valence-corrected chi connectivity index (χ1v) is 10.1. The number of pyridine rings is 1. The Morgan fingerprint density at radius 3 is 2.93 bits per heavy atom. The second-order valence-corrected chi connectivity index (χ2v) is 8.09. The van der Waals surface area contributed by atoms with E-state index in [1.165, 1.54) is 23.4 Å². The second-order valence-electron chi connectivity index (χ2n) is 8.09. The van der Waals surface area contributed by atoms with Crippen LogP contribution in [0.4, 0.5) is 10.2 Å². The lowest BCUT2D eigenvalue weighted by molar-refractivity contribution is 0.610. The molecule has 7 heteroatoms. The molecule has 1 aliphatic carbocycles. The molecule has 0 unspecified atom stereocenters. The van der Waals surface area contributed by atoms with Crippen molar-refractivity contribution in [3.05, 3.63) is 53.3 Å². The van der Waals surface area contributed by atoms with Gasteiger partial charge in [0, 0.05) is 35.6 Å². The lowest BCUT2D eigenvalue weighted by atomic mass is 9.90. The molecular formula is C22H23FN6. The van der Waals surface area contributed by atoms with Crippen LogP contribution in [0.5, 0.6) is 0 Å². The molecule has 6 nitrogen and oxygen atoms in total. The van der Waals surface area contributed by atoms with Gasteiger partial charge in [0.15, 0.2) is 5.65 Å². The maximum atomic E-state index is 13.8. The van der Waals surface area contributed by atoms with Crippen molar-refractivity contribution >= 4 is 17.7 Å². The summed E-state index contributed by atoms with van der Waals surface area (Å²) < 4.78 is 15.6. The van der Waals surface area contributed by atoms with Crippen LogP contribution < -0.4 is 5.32 Å². The van der Waals surface area contributed by atoms with Gasteiger partial charge in [-0.1, -0.05) is 13.8 Å². The van der Waals surface area contributed by atoms with E-state index in [9.17, 15) is 4.39 Å². The predicted molar refractivity (Wildman–Crippen MR) is 112 cm³/mol. The Balaban J connectivity index is 1.57. The molecular weight excluding hydrogens is 367 g/mol. The minimum absolute atomic E-state index is 0.283. The molecule has 1 atom stereocenters. The van der Waals surface area contributed by atoms with E-state index in [0.29, 0.717) is 17.3 Å². The Bertz CT molecular complexity index is 1140. The molecule has 4 heterocycles. The number of nitrogens with zero attached hydrogens (tertiary/aromatic N) is 5. The normalized spacial score (nSPS) is 18.7. The fraction of sp³-hybridized carbons (Fsp3) is 0.364. The van der Waals surface area contributed by atoms with Gasteiger partial charge in [-0.25, -0.2) is 9.37 Å². The molecule has 0 bridgehead atoms. The van der Waals surface area contributed by atoms with Crippen LogP contribution in [0.15, 0.2) is 46.9 Å². The van der Waals surface area contributed by atoms with Crippen molar-refractivity contribution < 1.29 is 4.39 Å². The SMILES string of the molecule is CC(C)c1cnn2c(N[C@H]3CCC4=C(C=NC4)C3)cc(-c3cncc(F)c3)nc12. The molecule has 0 saturated carbocycles. The van der Waals surface area contributed by atoms with Crippen molar-refractivity contribution in [1.82, 2.24) is 19.6 Å². The number of aliphatic imine (C=N–C) groups is 1. The summed E-state index contributed by atoms with van der Waals surface area (Å²) in [6, 6.07) is 3.70. The number of anilines is 1. The number of hydrogen-bond donors (Lipinski definition) is 1. The molecule has 29 heavy (non-hydrogen) atoms. The lowest BCUT2D eigenvalue weighted by Crippen LogP contribution is -2.25. The van der Waals surface area contributed by atoms with Gasteiger partial charge in [0.05, 0.1) is 24.6 Å². The highest BCUT2D eigenvalue weighted by Gasteiger charge is 2.24. The number of hydrogen-bond acceptors (Lipinski definition) is 5. The highest BCUT2D eigenvalue weighted by molar-refractivity contribution is 5.83. The summed E-state index contributed by atoms with van der Waals surface area (Å²) in [5.41, 5.74) is 6.03. The Hall–Kier alpha value is -3.09. The first-order chi connectivity index (χ1) is 14.1. The van der Waals surface area contributed by atoms with Gasteiger partial charge in [0.25, 0.3) is 0 Å². The Morgan fingerprint density at radius 2 is 2.10 bits per heavy atom. The molecule has 3 aromatic rings. The van der Waals surface area contributed by atoms with E-state index in [1.807, 2.05) is 23.0 Å². The summed E-state index contributed by atoms with van der Waals surface area (Å²) in [5, 5.41) is 8.25.